The van der Waals surface area contributed by atoms with Crippen molar-refractivity contribution in [2.24, 2.45) is 0 Å². The molecule has 0 spiro atoms. The third-order valence-electron chi connectivity index (χ3n) is 8.00. The molecule has 252 valence electrons. The Morgan fingerprint density at radius 3 is 2.02 bits per heavy atom. The minimum atomic E-state index is -0.464. The van der Waals surface area contributed by atoms with Gasteiger partial charge in [0, 0.05) is 35.5 Å². The summed E-state index contributed by atoms with van der Waals surface area (Å²) in [4.78, 5) is 24.8. The number of nitrogens with zero attached hydrogens (tertiary/aromatic N) is 3. The monoisotopic (exact) mass is 673 g/mol. The Hall–Kier alpha value is -6.07. The lowest BCUT2D eigenvalue weighted by molar-refractivity contribution is 0.0923. The van der Waals surface area contributed by atoms with Gasteiger partial charge in [-0.25, -0.2) is 9.07 Å². The first-order valence-electron chi connectivity index (χ1n) is 16.2. The van der Waals surface area contributed by atoms with Crippen molar-refractivity contribution in [2.75, 3.05) is 26.4 Å². The summed E-state index contributed by atoms with van der Waals surface area (Å²) in [5.74, 6) is 1.78. The van der Waals surface area contributed by atoms with Gasteiger partial charge in [-0.3, -0.25) is 9.59 Å². The molecule has 3 aromatic heterocycles. The van der Waals surface area contributed by atoms with Crippen LogP contribution in [0.25, 0.3) is 44.6 Å². The summed E-state index contributed by atoms with van der Waals surface area (Å²) in [6.45, 7) is 2.31. The highest BCUT2D eigenvalue weighted by Crippen LogP contribution is 2.26. The summed E-state index contributed by atoms with van der Waals surface area (Å²) in [6.07, 6.45) is 3.35. The van der Waals surface area contributed by atoms with Crippen LogP contribution in [-0.4, -0.2) is 41.4 Å². The molecule has 0 atom stereocenters. The van der Waals surface area contributed by atoms with Gasteiger partial charge in [0.1, 0.15) is 46.6 Å². The van der Waals surface area contributed by atoms with Crippen molar-refractivity contribution >= 4 is 21.9 Å². The second-order valence-corrected chi connectivity index (χ2v) is 11.5. The van der Waals surface area contributed by atoms with Gasteiger partial charge in [0.2, 0.25) is 0 Å². The minimum Gasteiger partial charge on any atom is -0.494 e. The Labute approximate surface area is 285 Å². The first kappa shape index (κ1) is 32.5. The lowest BCUT2D eigenvalue weighted by Gasteiger charge is -2.08. The number of aromatic nitrogens is 3. The highest BCUT2D eigenvalue weighted by Gasteiger charge is 2.10. The molecule has 0 N–H and O–H groups in total. The third kappa shape index (κ3) is 7.79. The molecule has 0 aliphatic rings. The standard InChI is InChI=1S/C39H32FN3O7/c40-28-11-16-33-35(45)24-38(50-39(33)22-28)27-7-12-30(13-8-27)47-18-3-4-29-25-43(42-41-29)17-19-46-20-21-48-31-14-9-26(10-15-31)37-23-34(44)32-5-1-2-6-36(32)49-37/h1-2,5-16,22-25H,3-4,17-21H2. The van der Waals surface area contributed by atoms with Gasteiger partial charge in [-0.05, 0) is 85.6 Å². The van der Waals surface area contributed by atoms with E-state index in [4.69, 9.17) is 23.0 Å². The van der Waals surface area contributed by atoms with E-state index in [1.54, 1.807) is 41.1 Å². The molecule has 0 aliphatic heterocycles. The Morgan fingerprint density at radius 1 is 0.660 bits per heavy atom. The molecule has 0 saturated carbocycles. The summed E-state index contributed by atoms with van der Waals surface area (Å²) in [7, 11) is 0. The zero-order valence-corrected chi connectivity index (χ0v) is 26.9. The Bertz CT molecular complexity index is 2350. The molecule has 50 heavy (non-hydrogen) atoms. The van der Waals surface area contributed by atoms with Crippen molar-refractivity contribution in [3.63, 3.8) is 0 Å². The summed E-state index contributed by atoms with van der Waals surface area (Å²) in [6, 6.07) is 28.6. The number of fused-ring (bicyclic) bond motifs is 2. The zero-order chi connectivity index (χ0) is 34.3. The maximum atomic E-state index is 13.6. The van der Waals surface area contributed by atoms with Crippen molar-refractivity contribution in [1.82, 2.24) is 15.0 Å². The van der Waals surface area contributed by atoms with Crippen molar-refractivity contribution in [3.8, 4) is 34.1 Å². The first-order chi connectivity index (χ1) is 24.5. The average Bonchev–Trinajstić information content (AvgIpc) is 3.59. The Balaban J connectivity index is 0.790. The van der Waals surface area contributed by atoms with Gasteiger partial charge in [0.15, 0.2) is 10.9 Å². The second kappa shape index (κ2) is 15.0. The molecule has 0 bridgehead atoms. The van der Waals surface area contributed by atoms with Crippen LogP contribution >= 0.6 is 0 Å². The van der Waals surface area contributed by atoms with Crippen LogP contribution in [0, 0.1) is 5.82 Å². The molecule has 7 rings (SSSR count). The van der Waals surface area contributed by atoms with E-state index in [0.717, 1.165) is 17.7 Å². The van der Waals surface area contributed by atoms with E-state index in [2.05, 4.69) is 10.3 Å². The van der Waals surface area contributed by atoms with Crippen LogP contribution in [0.4, 0.5) is 4.39 Å². The van der Waals surface area contributed by atoms with Crippen LogP contribution in [0.2, 0.25) is 0 Å². The highest BCUT2D eigenvalue weighted by atomic mass is 19.1. The van der Waals surface area contributed by atoms with Crippen LogP contribution in [-0.2, 0) is 17.7 Å². The molecule has 0 radical (unpaired) electrons. The fraction of sp³-hybridized carbons (Fsp3) is 0.179. The van der Waals surface area contributed by atoms with Gasteiger partial charge >= 0.3 is 0 Å². The van der Waals surface area contributed by atoms with E-state index in [-0.39, 0.29) is 16.4 Å². The second-order valence-electron chi connectivity index (χ2n) is 11.5. The number of benzene rings is 4. The number of halogens is 1. The van der Waals surface area contributed by atoms with Crippen LogP contribution in [0.3, 0.4) is 0 Å². The number of ether oxygens (including phenoxy) is 3. The van der Waals surface area contributed by atoms with E-state index >= 15 is 0 Å². The smallest absolute Gasteiger partial charge is 0.193 e. The van der Waals surface area contributed by atoms with E-state index in [1.807, 2.05) is 42.6 Å². The van der Waals surface area contributed by atoms with Gasteiger partial charge in [-0.1, -0.05) is 17.3 Å². The fourth-order valence-electron chi connectivity index (χ4n) is 5.43. The molecule has 7 aromatic rings. The van der Waals surface area contributed by atoms with Gasteiger partial charge in [0.25, 0.3) is 0 Å². The molecule has 0 unspecified atom stereocenters. The molecule has 0 saturated heterocycles. The van der Waals surface area contributed by atoms with E-state index < -0.39 is 5.82 Å². The van der Waals surface area contributed by atoms with Crippen molar-refractivity contribution in [3.05, 3.63) is 141 Å². The van der Waals surface area contributed by atoms with Crippen LogP contribution < -0.4 is 20.3 Å². The topological polar surface area (TPSA) is 119 Å². The maximum Gasteiger partial charge on any atom is 0.193 e. The Morgan fingerprint density at radius 2 is 1.30 bits per heavy atom. The SMILES string of the molecule is O=c1cc(-c2ccc(OCCOCCn3cc(CCCOc4ccc(-c5cc(=O)c6ccc(F)cc6o5)cc4)nn3)cc2)oc2ccccc12. The van der Waals surface area contributed by atoms with Crippen molar-refractivity contribution in [1.29, 1.82) is 0 Å². The molecule has 0 amide bonds. The molecule has 3 heterocycles. The normalized spacial score (nSPS) is 11.3. The number of rotatable bonds is 14. The van der Waals surface area contributed by atoms with E-state index in [0.29, 0.717) is 84.3 Å². The van der Waals surface area contributed by atoms with Gasteiger partial charge in [0.05, 0.1) is 42.8 Å². The predicted molar refractivity (Wildman–Crippen MR) is 186 cm³/mol. The zero-order valence-electron chi connectivity index (χ0n) is 26.9. The van der Waals surface area contributed by atoms with Gasteiger partial charge in [-0.2, -0.15) is 0 Å². The summed E-state index contributed by atoms with van der Waals surface area (Å²) in [5.41, 5.74) is 2.80. The van der Waals surface area contributed by atoms with Crippen molar-refractivity contribution in [2.45, 2.75) is 19.4 Å². The highest BCUT2D eigenvalue weighted by molar-refractivity contribution is 5.79. The average molecular weight is 674 g/mol. The number of aryl methyl sites for hydroxylation is 1. The minimum absolute atomic E-state index is 0.0780. The number of para-hydroxylation sites is 1. The fourth-order valence-corrected chi connectivity index (χ4v) is 5.43. The Kier molecular flexibility index (Phi) is 9.74. The number of hydrogen-bond acceptors (Lipinski definition) is 9. The largest absolute Gasteiger partial charge is 0.494 e. The lowest BCUT2D eigenvalue weighted by Crippen LogP contribution is -2.11. The van der Waals surface area contributed by atoms with Crippen LogP contribution in [0.1, 0.15) is 12.1 Å². The summed E-state index contributed by atoms with van der Waals surface area (Å²) in [5, 5.41) is 9.31. The molecular formula is C39H32FN3O7. The summed E-state index contributed by atoms with van der Waals surface area (Å²) < 4.78 is 44.4. The molecular weight excluding hydrogens is 641 g/mol. The lowest BCUT2D eigenvalue weighted by atomic mass is 10.1. The van der Waals surface area contributed by atoms with Crippen molar-refractivity contribution < 1.29 is 27.4 Å². The molecule has 10 nitrogen and oxygen atoms in total. The molecule has 0 aliphatic carbocycles. The quantitative estimate of drug-likeness (QED) is 0.112. The molecule has 4 aromatic carbocycles. The van der Waals surface area contributed by atoms with Gasteiger partial charge in [-0.15, -0.1) is 5.10 Å². The predicted octanol–water partition coefficient (Wildman–Crippen LogP) is 7.07. The number of hydrogen-bond donors (Lipinski definition) is 0. The third-order valence-corrected chi connectivity index (χ3v) is 8.00. The van der Waals surface area contributed by atoms with Gasteiger partial charge < -0.3 is 23.0 Å². The maximum absolute atomic E-state index is 13.6. The molecule has 11 heteroatoms. The molecule has 0 fully saturated rings. The van der Waals surface area contributed by atoms with Crippen LogP contribution in [0.15, 0.2) is 128 Å². The van der Waals surface area contributed by atoms with E-state index in [1.165, 1.54) is 30.3 Å². The first-order valence-corrected chi connectivity index (χ1v) is 16.2. The van der Waals surface area contributed by atoms with Crippen LogP contribution in [0.5, 0.6) is 11.5 Å². The van der Waals surface area contributed by atoms with E-state index in [9.17, 15) is 14.0 Å². The summed E-state index contributed by atoms with van der Waals surface area (Å²) >= 11 is 0.